The number of rotatable bonds is 2. The first-order chi connectivity index (χ1) is 6.16. The Balaban J connectivity index is 2.13. The van der Waals surface area contributed by atoms with Crippen LogP contribution in [0.2, 0.25) is 0 Å². The lowest BCUT2D eigenvalue weighted by Crippen LogP contribution is -2.25. The van der Waals surface area contributed by atoms with Crippen molar-refractivity contribution in [3.8, 4) is 0 Å². The smallest absolute Gasteiger partial charge is 0.263 e. The third kappa shape index (κ3) is 1.80. The fourth-order valence-electron chi connectivity index (χ4n) is 1.11. The van der Waals surface area contributed by atoms with Gasteiger partial charge in [0.15, 0.2) is 5.13 Å². The van der Waals surface area contributed by atoms with E-state index in [-0.39, 0.29) is 5.91 Å². The molecule has 1 heterocycles. The molecule has 4 nitrogen and oxygen atoms in total. The van der Waals surface area contributed by atoms with Crippen molar-refractivity contribution in [2.45, 2.75) is 25.8 Å². The standard InChI is InChI=1S/C8H11N3OS/c1-4-6(13-8(9)10-4)7(12)11-5-2-3-5/h5H,2-3H2,1H3,(H2,9,10)(H,11,12). The van der Waals surface area contributed by atoms with Gasteiger partial charge in [-0.2, -0.15) is 0 Å². The molecule has 1 aliphatic carbocycles. The van der Waals surface area contributed by atoms with Crippen LogP contribution in [0.5, 0.6) is 0 Å². The van der Waals surface area contributed by atoms with Crippen LogP contribution in [-0.2, 0) is 0 Å². The van der Waals surface area contributed by atoms with E-state index in [0.717, 1.165) is 18.5 Å². The molecule has 0 unspecified atom stereocenters. The van der Waals surface area contributed by atoms with Gasteiger partial charge >= 0.3 is 0 Å². The molecule has 0 bridgehead atoms. The topological polar surface area (TPSA) is 68.0 Å². The number of carbonyl (C=O) groups excluding carboxylic acids is 1. The van der Waals surface area contributed by atoms with Crippen LogP contribution in [0, 0.1) is 6.92 Å². The first-order valence-electron chi connectivity index (χ1n) is 4.20. The Hall–Kier alpha value is -1.10. The Kier molecular flexibility index (Phi) is 1.95. The van der Waals surface area contributed by atoms with Gasteiger partial charge < -0.3 is 11.1 Å². The van der Waals surface area contributed by atoms with E-state index in [0.29, 0.717) is 16.1 Å². The molecule has 1 aromatic heterocycles. The van der Waals surface area contributed by atoms with Gasteiger partial charge in [0.2, 0.25) is 0 Å². The summed E-state index contributed by atoms with van der Waals surface area (Å²) in [6.45, 7) is 1.80. The Morgan fingerprint density at radius 2 is 2.38 bits per heavy atom. The van der Waals surface area contributed by atoms with Crippen molar-refractivity contribution in [3.05, 3.63) is 10.6 Å². The Morgan fingerprint density at radius 1 is 1.69 bits per heavy atom. The van der Waals surface area contributed by atoms with Crippen molar-refractivity contribution in [1.29, 1.82) is 0 Å². The summed E-state index contributed by atoms with van der Waals surface area (Å²) in [7, 11) is 0. The van der Waals surface area contributed by atoms with Gasteiger partial charge in [0, 0.05) is 6.04 Å². The number of anilines is 1. The normalized spacial score (nSPS) is 15.8. The van der Waals surface area contributed by atoms with Crippen LogP contribution in [0.4, 0.5) is 5.13 Å². The molecule has 0 radical (unpaired) electrons. The number of aryl methyl sites for hydroxylation is 1. The summed E-state index contributed by atoms with van der Waals surface area (Å²) in [6, 6.07) is 0.384. The summed E-state index contributed by atoms with van der Waals surface area (Å²) in [5.74, 6) is -0.0331. The number of carbonyl (C=O) groups is 1. The minimum absolute atomic E-state index is 0.0331. The molecular formula is C8H11N3OS. The molecule has 0 atom stereocenters. The van der Waals surface area contributed by atoms with E-state index in [1.165, 1.54) is 11.3 Å². The molecule has 3 N–H and O–H groups in total. The van der Waals surface area contributed by atoms with Gasteiger partial charge in [-0.25, -0.2) is 4.98 Å². The number of nitrogens with one attached hydrogen (secondary N) is 1. The van der Waals surface area contributed by atoms with Crippen molar-refractivity contribution in [2.24, 2.45) is 0 Å². The maximum absolute atomic E-state index is 11.5. The van der Waals surface area contributed by atoms with Crippen molar-refractivity contribution in [1.82, 2.24) is 10.3 Å². The lowest BCUT2D eigenvalue weighted by molar-refractivity contribution is 0.0954. The van der Waals surface area contributed by atoms with Crippen molar-refractivity contribution in [3.63, 3.8) is 0 Å². The summed E-state index contributed by atoms with van der Waals surface area (Å²) < 4.78 is 0. The zero-order valence-corrected chi connectivity index (χ0v) is 8.15. The van der Waals surface area contributed by atoms with E-state index in [9.17, 15) is 4.79 Å². The molecule has 0 aromatic carbocycles. The molecule has 5 heteroatoms. The maximum atomic E-state index is 11.5. The molecule has 1 aromatic rings. The molecule has 2 rings (SSSR count). The van der Waals surface area contributed by atoms with Crippen LogP contribution in [0.1, 0.15) is 28.2 Å². The van der Waals surface area contributed by atoms with Crippen LogP contribution in [0.15, 0.2) is 0 Å². The van der Waals surface area contributed by atoms with Gasteiger partial charge in [0.05, 0.1) is 5.69 Å². The van der Waals surface area contributed by atoms with Gasteiger partial charge in [-0.1, -0.05) is 11.3 Å². The highest BCUT2D eigenvalue weighted by molar-refractivity contribution is 7.17. The molecule has 1 fully saturated rings. The highest BCUT2D eigenvalue weighted by Gasteiger charge is 2.25. The van der Waals surface area contributed by atoms with Crippen LogP contribution in [-0.4, -0.2) is 16.9 Å². The monoisotopic (exact) mass is 197 g/mol. The second-order valence-electron chi connectivity index (χ2n) is 3.21. The summed E-state index contributed by atoms with van der Waals surface area (Å²) in [4.78, 5) is 16.2. The number of hydrogen-bond donors (Lipinski definition) is 2. The number of thiazole rings is 1. The molecule has 1 saturated carbocycles. The van der Waals surface area contributed by atoms with Gasteiger partial charge in [-0.3, -0.25) is 4.79 Å². The molecule has 1 aliphatic rings. The highest BCUT2D eigenvalue weighted by atomic mass is 32.1. The van der Waals surface area contributed by atoms with Gasteiger partial charge in [-0.05, 0) is 19.8 Å². The Bertz CT molecular complexity index is 343. The fourth-order valence-corrected chi connectivity index (χ4v) is 1.84. The summed E-state index contributed by atoms with van der Waals surface area (Å²) in [6.07, 6.45) is 2.19. The van der Waals surface area contributed by atoms with Gasteiger partial charge in [0.1, 0.15) is 4.88 Å². The van der Waals surface area contributed by atoms with Crippen molar-refractivity contribution >= 4 is 22.4 Å². The highest BCUT2D eigenvalue weighted by Crippen LogP contribution is 2.23. The molecule has 13 heavy (non-hydrogen) atoms. The molecule has 70 valence electrons. The van der Waals surface area contributed by atoms with Crippen LogP contribution in [0.25, 0.3) is 0 Å². The van der Waals surface area contributed by atoms with Crippen LogP contribution < -0.4 is 11.1 Å². The predicted molar refractivity (Wildman–Crippen MR) is 51.8 cm³/mol. The summed E-state index contributed by atoms with van der Waals surface area (Å²) >= 11 is 1.25. The largest absolute Gasteiger partial charge is 0.375 e. The Morgan fingerprint density at radius 3 is 2.85 bits per heavy atom. The van der Waals surface area contributed by atoms with E-state index in [4.69, 9.17) is 5.73 Å². The summed E-state index contributed by atoms with van der Waals surface area (Å²) in [5.41, 5.74) is 6.21. The summed E-state index contributed by atoms with van der Waals surface area (Å²) in [5, 5.41) is 3.36. The zero-order chi connectivity index (χ0) is 9.42. The zero-order valence-electron chi connectivity index (χ0n) is 7.33. The number of amides is 1. The van der Waals surface area contributed by atoms with E-state index >= 15 is 0 Å². The maximum Gasteiger partial charge on any atom is 0.263 e. The second kappa shape index (κ2) is 2.99. The first kappa shape index (κ1) is 8.50. The SMILES string of the molecule is Cc1nc(N)sc1C(=O)NC1CC1. The van der Waals surface area contributed by atoms with Gasteiger partial charge in [0.25, 0.3) is 5.91 Å². The average molecular weight is 197 g/mol. The number of aromatic nitrogens is 1. The third-order valence-electron chi connectivity index (χ3n) is 1.93. The van der Waals surface area contributed by atoms with Crippen LogP contribution in [0.3, 0.4) is 0 Å². The predicted octanol–water partition coefficient (Wildman–Crippen LogP) is 0.926. The van der Waals surface area contributed by atoms with E-state index in [2.05, 4.69) is 10.3 Å². The third-order valence-corrected chi connectivity index (χ3v) is 2.92. The molecule has 0 spiro atoms. The number of nitrogens with zero attached hydrogens (tertiary/aromatic N) is 1. The lowest BCUT2D eigenvalue weighted by Gasteiger charge is -1.99. The number of nitrogen functional groups attached to an aromatic ring is 1. The van der Waals surface area contributed by atoms with Crippen molar-refractivity contribution in [2.75, 3.05) is 5.73 Å². The Labute approximate surface area is 80.2 Å². The second-order valence-corrected chi connectivity index (χ2v) is 4.25. The average Bonchev–Trinajstić information content (AvgIpc) is 2.77. The molecular weight excluding hydrogens is 186 g/mol. The van der Waals surface area contributed by atoms with E-state index < -0.39 is 0 Å². The van der Waals surface area contributed by atoms with Gasteiger partial charge in [-0.15, -0.1) is 0 Å². The molecule has 0 saturated heterocycles. The lowest BCUT2D eigenvalue weighted by atomic mass is 10.4. The number of nitrogens with two attached hydrogens (primary N) is 1. The number of hydrogen-bond acceptors (Lipinski definition) is 4. The molecule has 0 aliphatic heterocycles. The van der Waals surface area contributed by atoms with E-state index in [1.807, 2.05) is 0 Å². The fraction of sp³-hybridized carbons (Fsp3) is 0.500. The minimum atomic E-state index is -0.0331. The van der Waals surface area contributed by atoms with Crippen LogP contribution >= 0.6 is 11.3 Å². The quantitative estimate of drug-likeness (QED) is 0.741. The van der Waals surface area contributed by atoms with Crippen molar-refractivity contribution < 1.29 is 4.79 Å². The molecule has 1 amide bonds. The minimum Gasteiger partial charge on any atom is -0.375 e. The first-order valence-corrected chi connectivity index (χ1v) is 5.02. The van der Waals surface area contributed by atoms with E-state index in [1.54, 1.807) is 6.92 Å².